The van der Waals surface area contributed by atoms with Gasteiger partial charge in [-0.3, -0.25) is 10.2 Å². The van der Waals surface area contributed by atoms with Gasteiger partial charge in [0, 0.05) is 11.6 Å². The van der Waals surface area contributed by atoms with Gasteiger partial charge in [0.15, 0.2) is 0 Å². The summed E-state index contributed by atoms with van der Waals surface area (Å²) in [5.41, 5.74) is 2.40. The second kappa shape index (κ2) is 4.79. The Morgan fingerprint density at radius 2 is 2.11 bits per heavy atom. The first-order valence-electron chi connectivity index (χ1n) is 5.65. The van der Waals surface area contributed by atoms with Gasteiger partial charge in [0.1, 0.15) is 5.01 Å². The Morgan fingerprint density at radius 3 is 2.89 bits per heavy atom. The number of nitrogen functional groups attached to an aromatic ring is 1. The summed E-state index contributed by atoms with van der Waals surface area (Å²) in [6.07, 6.45) is 1.77. The predicted molar refractivity (Wildman–Crippen MR) is 75.0 cm³/mol. The standard InChI is InChI=1S/C12H11N5OS/c13-14-12-16-15-10(19-12)7-17-6-5-8-3-1-2-4-9(8)11(17)18/h1-6H,7,13H2,(H,14,16). The van der Waals surface area contributed by atoms with Gasteiger partial charge in [-0.2, -0.15) is 0 Å². The van der Waals surface area contributed by atoms with Crippen molar-refractivity contribution in [2.75, 3.05) is 5.43 Å². The minimum absolute atomic E-state index is 0.0319. The lowest BCUT2D eigenvalue weighted by atomic mass is 10.2. The third-order valence-corrected chi connectivity index (χ3v) is 3.62. The van der Waals surface area contributed by atoms with Gasteiger partial charge in [0.25, 0.3) is 5.56 Å². The van der Waals surface area contributed by atoms with Crippen LogP contribution in [0, 0.1) is 0 Å². The van der Waals surface area contributed by atoms with Crippen molar-refractivity contribution in [2.24, 2.45) is 5.84 Å². The fourth-order valence-electron chi connectivity index (χ4n) is 1.88. The maximum atomic E-state index is 12.3. The molecular formula is C12H11N5OS. The zero-order valence-corrected chi connectivity index (χ0v) is 10.7. The van der Waals surface area contributed by atoms with Gasteiger partial charge in [-0.05, 0) is 17.5 Å². The van der Waals surface area contributed by atoms with Crippen LogP contribution in [-0.2, 0) is 6.54 Å². The molecule has 0 radical (unpaired) electrons. The Balaban J connectivity index is 2.01. The van der Waals surface area contributed by atoms with E-state index in [9.17, 15) is 4.79 Å². The highest BCUT2D eigenvalue weighted by atomic mass is 32.1. The SMILES string of the molecule is NNc1nnc(Cn2ccc3ccccc3c2=O)s1. The third-order valence-electron chi connectivity index (χ3n) is 2.78. The number of rotatable bonds is 3. The van der Waals surface area contributed by atoms with Crippen LogP contribution >= 0.6 is 11.3 Å². The molecule has 3 aromatic rings. The number of nitrogens with two attached hydrogens (primary N) is 1. The van der Waals surface area contributed by atoms with E-state index in [1.54, 1.807) is 10.8 Å². The average Bonchev–Trinajstić information content (AvgIpc) is 2.90. The summed E-state index contributed by atoms with van der Waals surface area (Å²) in [5, 5.41) is 10.7. The van der Waals surface area contributed by atoms with Crippen LogP contribution in [0.4, 0.5) is 5.13 Å². The van der Waals surface area contributed by atoms with Gasteiger partial charge >= 0.3 is 0 Å². The molecule has 0 fully saturated rings. The number of hydrazine groups is 1. The normalized spacial score (nSPS) is 10.8. The molecule has 7 heteroatoms. The second-order valence-electron chi connectivity index (χ2n) is 3.98. The highest BCUT2D eigenvalue weighted by Gasteiger charge is 2.06. The number of anilines is 1. The monoisotopic (exact) mass is 273 g/mol. The predicted octanol–water partition coefficient (Wildman–Crippen LogP) is 1.19. The minimum Gasteiger partial charge on any atom is -0.308 e. The van der Waals surface area contributed by atoms with Gasteiger partial charge in [-0.25, -0.2) is 5.84 Å². The Kier molecular flexibility index (Phi) is 2.98. The first kappa shape index (κ1) is 11.8. The summed E-state index contributed by atoms with van der Waals surface area (Å²) < 4.78 is 1.61. The van der Waals surface area contributed by atoms with Crippen LogP contribution in [0.2, 0.25) is 0 Å². The molecule has 0 aliphatic rings. The number of aromatic nitrogens is 3. The number of fused-ring (bicyclic) bond motifs is 1. The van der Waals surface area contributed by atoms with Crippen molar-refractivity contribution in [1.29, 1.82) is 0 Å². The summed E-state index contributed by atoms with van der Waals surface area (Å²) in [4.78, 5) is 12.3. The highest BCUT2D eigenvalue weighted by molar-refractivity contribution is 7.15. The minimum atomic E-state index is -0.0319. The molecule has 2 aromatic heterocycles. The Hall–Kier alpha value is -2.25. The lowest BCUT2D eigenvalue weighted by molar-refractivity contribution is 0.751. The number of nitrogens with zero attached hydrogens (tertiary/aromatic N) is 3. The van der Waals surface area contributed by atoms with Crippen molar-refractivity contribution in [2.45, 2.75) is 6.54 Å². The smallest absolute Gasteiger partial charge is 0.258 e. The van der Waals surface area contributed by atoms with Crippen LogP contribution < -0.4 is 16.8 Å². The van der Waals surface area contributed by atoms with Gasteiger partial charge < -0.3 is 4.57 Å². The van der Waals surface area contributed by atoms with Crippen LogP contribution in [0.15, 0.2) is 41.3 Å². The Labute approximate surface area is 112 Å². The molecule has 0 amide bonds. The molecule has 0 unspecified atom stereocenters. The molecule has 3 N–H and O–H groups in total. The first-order valence-corrected chi connectivity index (χ1v) is 6.47. The van der Waals surface area contributed by atoms with Crippen molar-refractivity contribution in [1.82, 2.24) is 14.8 Å². The van der Waals surface area contributed by atoms with E-state index in [4.69, 9.17) is 5.84 Å². The fraction of sp³-hybridized carbons (Fsp3) is 0.0833. The molecule has 3 rings (SSSR count). The summed E-state index contributed by atoms with van der Waals surface area (Å²) in [7, 11) is 0. The van der Waals surface area contributed by atoms with Crippen molar-refractivity contribution in [3.05, 3.63) is 51.9 Å². The summed E-state index contributed by atoms with van der Waals surface area (Å²) in [6.45, 7) is 0.392. The van der Waals surface area contributed by atoms with E-state index in [2.05, 4.69) is 15.6 Å². The highest BCUT2D eigenvalue weighted by Crippen LogP contribution is 2.15. The maximum Gasteiger partial charge on any atom is 0.258 e. The lowest BCUT2D eigenvalue weighted by Crippen LogP contribution is -2.19. The van der Waals surface area contributed by atoms with Gasteiger partial charge in [0.2, 0.25) is 5.13 Å². The Morgan fingerprint density at radius 1 is 1.26 bits per heavy atom. The van der Waals surface area contributed by atoms with Gasteiger partial charge in [-0.1, -0.05) is 29.5 Å². The molecule has 1 aromatic carbocycles. The molecule has 2 heterocycles. The van der Waals surface area contributed by atoms with Crippen LogP contribution in [0.1, 0.15) is 5.01 Å². The van der Waals surface area contributed by atoms with Crippen LogP contribution in [-0.4, -0.2) is 14.8 Å². The number of hydrogen-bond acceptors (Lipinski definition) is 6. The second-order valence-corrected chi connectivity index (χ2v) is 5.04. The quantitative estimate of drug-likeness (QED) is 0.553. The average molecular weight is 273 g/mol. The van der Waals surface area contributed by atoms with E-state index in [1.807, 2.05) is 30.3 Å². The van der Waals surface area contributed by atoms with Crippen molar-refractivity contribution < 1.29 is 0 Å². The zero-order valence-electron chi connectivity index (χ0n) is 9.91. The topological polar surface area (TPSA) is 85.8 Å². The third kappa shape index (κ3) is 2.20. The van der Waals surface area contributed by atoms with Crippen LogP contribution in [0.3, 0.4) is 0 Å². The molecule has 96 valence electrons. The molecule has 0 saturated carbocycles. The van der Waals surface area contributed by atoms with Crippen LogP contribution in [0.5, 0.6) is 0 Å². The van der Waals surface area contributed by atoms with Gasteiger partial charge in [0.05, 0.1) is 6.54 Å². The van der Waals surface area contributed by atoms with E-state index < -0.39 is 0 Å². The number of pyridine rings is 1. The molecule has 0 aliphatic heterocycles. The number of nitrogens with one attached hydrogen (secondary N) is 1. The van der Waals surface area contributed by atoms with Crippen molar-refractivity contribution in [3.63, 3.8) is 0 Å². The summed E-state index contributed by atoms with van der Waals surface area (Å²) in [6, 6.07) is 9.43. The molecule has 6 nitrogen and oxygen atoms in total. The van der Waals surface area contributed by atoms with E-state index >= 15 is 0 Å². The number of hydrogen-bond donors (Lipinski definition) is 2. The maximum absolute atomic E-state index is 12.3. The summed E-state index contributed by atoms with van der Waals surface area (Å²) >= 11 is 1.32. The summed E-state index contributed by atoms with van der Waals surface area (Å²) in [5.74, 6) is 5.25. The van der Waals surface area contributed by atoms with Gasteiger partial charge in [-0.15, -0.1) is 10.2 Å². The van der Waals surface area contributed by atoms with E-state index in [1.165, 1.54) is 11.3 Å². The fourth-order valence-corrected chi connectivity index (χ4v) is 2.52. The largest absolute Gasteiger partial charge is 0.308 e. The molecule has 0 spiro atoms. The lowest BCUT2D eigenvalue weighted by Gasteiger charge is -2.04. The molecule has 0 saturated heterocycles. The Bertz CT molecular complexity index is 779. The number of benzene rings is 1. The first-order chi connectivity index (χ1) is 9.28. The molecule has 0 atom stereocenters. The van der Waals surface area contributed by atoms with Crippen LogP contribution in [0.25, 0.3) is 10.8 Å². The van der Waals surface area contributed by atoms with E-state index in [0.717, 1.165) is 10.4 Å². The molecule has 0 aliphatic carbocycles. The van der Waals surface area contributed by atoms with E-state index in [-0.39, 0.29) is 5.56 Å². The molecular weight excluding hydrogens is 262 g/mol. The molecule has 0 bridgehead atoms. The van der Waals surface area contributed by atoms with Crippen molar-refractivity contribution >= 4 is 27.2 Å². The van der Waals surface area contributed by atoms with Crippen molar-refractivity contribution in [3.8, 4) is 0 Å². The van der Waals surface area contributed by atoms with E-state index in [0.29, 0.717) is 17.1 Å². The molecule has 19 heavy (non-hydrogen) atoms. The zero-order chi connectivity index (χ0) is 13.2.